The number of carbonyl (C=O) groups excluding carboxylic acids is 1. The van der Waals surface area contributed by atoms with Gasteiger partial charge >= 0.3 is 12.0 Å². The number of carboxylic acids is 1. The summed E-state index contributed by atoms with van der Waals surface area (Å²) in [6.07, 6.45) is 4.13. The predicted octanol–water partition coefficient (Wildman–Crippen LogP) is 1.40. The summed E-state index contributed by atoms with van der Waals surface area (Å²) < 4.78 is 0. The molecule has 1 aliphatic heterocycles. The van der Waals surface area contributed by atoms with Crippen molar-refractivity contribution >= 4 is 12.0 Å². The van der Waals surface area contributed by atoms with Gasteiger partial charge in [0.1, 0.15) is 0 Å². The molecule has 1 saturated heterocycles. The lowest BCUT2D eigenvalue weighted by Crippen LogP contribution is -2.49. The number of carboxylic acid groups (broad SMARTS) is 1. The first-order valence-electron chi connectivity index (χ1n) is 7.71. The van der Waals surface area contributed by atoms with Gasteiger partial charge in [-0.05, 0) is 37.7 Å². The van der Waals surface area contributed by atoms with Gasteiger partial charge in [-0.1, -0.05) is 6.92 Å². The molecule has 1 aromatic heterocycles. The molecule has 1 aromatic rings. The van der Waals surface area contributed by atoms with Gasteiger partial charge in [-0.2, -0.15) is 5.10 Å². The van der Waals surface area contributed by atoms with Gasteiger partial charge in [0, 0.05) is 25.3 Å². The van der Waals surface area contributed by atoms with Crippen LogP contribution in [0.15, 0.2) is 6.20 Å². The second-order valence-electron chi connectivity index (χ2n) is 6.14. The smallest absolute Gasteiger partial charge is 0.317 e. The summed E-state index contributed by atoms with van der Waals surface area (Å²) in [5.74, 6) is -1.06. The number of nitrogens with one attached hydrogen (secondary N) is 2. The SMILES string of the molecule is Cc1[nH]ncc1CCCNC(=O)N1CC(C)CC(C(=O)O)C1. The minimum Gasteiger partial charge on any atom is -0.481 e. The number of nitrogens with zero attached hydrogens (tertiary/aromatic N) is 2. The van der Waals surface area contributed by atoms with Crippen molar-refractivity contribution in [3.63, 3.8) is 0 Å². The number of aromatic amines is 1. The molecule has 2 rings (SSSR count). The van der Waals surface area contributed by atoms with Crippen LogP contribution in [-0.2, 0) is 11.2 Å². The van der Waals surface area contributed by atoms with Crippen LogP contribution in [-0.4, -0.2) is 51.8 Å². The molecule has 0 bridgehead atoms. The number of H-pyrrole nitrogens is 1. The number of amides is 2. The van der Waals surface area contributed by atoms with E-state index < -0.39 is 11.9 Å². The summed E-state index contributed by atoms with van der Waals surface area (Å²) in [7, 11) is 0. The van der Waals surface area contributed by atoms with Crippen LogP contribution in [0, 0.1) is 18.8 Å². The van der Waals surface area contributed by atoms with Gasteiger partial charge in [0.15, 0.2) is 0 Å². The zero-order chi connectivity index (χ0) is 16.1. The number of hydrogen-bond donors (Lipinski definition) is 3. The molecule has 1 aliphatic rings. The standard InChI is InChI=1S/C15H24N4O3/c1-10-6-13(14(20)21)9-19(8-10)15(22)16-5-3-4-12-7-17-18-11(12)2/h7,10,13H,3-6,8-9H2,1-2H3,(H,16,22)(H,17,18)(H,20,21). The molecule has 22 heavy (non-hydrogen) atoms. The fourth-order valence-electron chi connectivity index (χ4n) is 2.91. The first kappa shape index (κ1) is 16.3. The van der Waals surface area contributed by atoms with E-state index in [9.17, 15) is 9.59 Å². The Balaban J connectivity index is 1.74. The van der Waals surface area contributed by atoms with E-state index in [1.165, 1.54) is 0 Å². The third-order valence-electron chi connectivity index (χ3n) is 4.13. The second kappa shape index (κ2) is 7.29. The fraction of sp³-hybridized carbons (Fsp3) is 0.667. The largest absolute Gasteiger partial charge is 0.481 e. The van der Waals surface area contributed by atoms with Crippen LogP contribution in [0.5, 0.6) is 0 Å². The average Bonchev–Trinajstić information content (AvgIpc) is 2.88. The van der Waals surface area contributed by atoms with E-state index in [1.807, 2.05) is 13.8 Å². The maximum atomic E-state index is 12.1. The Hall–Kier alpha value is -2.05. The number of piperidine rings is 1. The third-order valence-corrected chi connectivity index (χ3v) is 4.13. The number of carbonyl (C=O) groups is 2. The van der Waals surface area contributed by atoms with Crippen LogP contribution in [0.2, 0.25) is 0 Å². The van der Waals surface area contributed by atoms with Crippen molar-refractivity contribution in [2.45, 2.75) is 33.1 Å². The lowest BCUT2D eigenvalue weighted by Gasteiger charge is -2.34. The third kappa shape index (κ3) is 4.22. The molecule has 122 valence electrons. The van der Waals surface area contributed by atoms with Gasteiger partial charge in [-0.25, -0.2) is 4.79 Å². The molecule has 0 radical (unpaired) electrons. The monoisotopic (exact) mass is 308 g/mol. The highest BCUT2D eigenvalue weighted by molar-refractivity contribution is 5.76. The number of aliphatic carboxylic acids is 1. The number of urea groups is 1. The van der Waals surface area contributed by atoms with Crippen LogP contribution in [0.25, 0.3) is 0 Å². The highest BCUT2D eigenvalue weighted by atomic mass is 16.4. The number of aryl methyl sites for hydroxylation is 2. The quantitative estimate of drug-likeness (QED) is 0.716. The number of rotatable bonds is 5. The lowest BCUT2D eigenvalue weighted by atomic mass is 9.91. The Labute approximate surface area is 130 Å². The van der Waals surface area contributed by atoms with Gasteiger partial charge in [-0.3, -0.25) is 9.89 Å². The molecule has 2 unspecified atom stereocenters. The second-order valence-corrected chi connectivity index (χ2v) is 6.14. The molecule has 0 aromatic carbocycles. The number of likely N-dealkylation sites (tertiary alicyclic amines) is 1. The van der Waals surface area contributed by atoms with Gasteiger partial charge < -0.3 is 15.3 Å². The first-order chi connectivity index (χ1) is 10.5. The van der Waals surface area contributed by atoms with Crippen molar-refractivity contribution in [2.24, 2.45) is 11.8 Å². The van der Waals surface area contributed by atoms with Gasteiger partial charge in [-0.15, -0.1) is 0 Å². The Morgan fingerprint density at radius 3 is 2.91 bits per heavy atom. The Morgan fingerprint density at radius 1 is 1.50 bits per heavy atom. The topological polar surface area (TPSA) is 98.3 Å². The fourth-order valence-corrected chi connectivity index (χ4v) is 2.91. The molecule has 2 amide bonds. The maximum Gasteiger partial charge on any atom is 0.317 e. The van der Waals surface area contributed by atoms with E-state index in [0.717, 1.165) is 24.1 Å². The van der Waals surface area contributed by atoms with E-state index in [2.05, 4.69) is 15.5 Å². The highest BCUT2D eigenvalue weighted by Gasteiger charge is 2.31. The zero-order valence-electron chi connectivity index (χ0n) is 13.1. The summed E-state index contributed by atoms with van der Waals surface area (Å²) in [6, 6.07) is -0.165. The Bertz CT molecular complexity index is 529. The summed E-state index contributed by atoms with van der Waals surface area (Å²) in [4.78, 5) is 24.9. The average molecular weight is 308 g/mol. The molecule has 2 atom stereocenters. The summed E-state index contributed by atoms with van der Waals surface area (Å²) in [6.45, 7) is 5.45. The predicted molar refractivity (Wildman–Crippen MR) is 81.5 cm³/mol. The molecule has 0 aliphatic carbocycles. The van der Waals surface area contributed by atoms with Crippen LogP contribution < -0.4 is 5.32 Å². The normalized spacial score (nSPS) is 21.6. The van der Waals surface area contributed by atoms with Crippen molar-refractivity contribution in [3.05, 3.63) is 17.5 Å². The minimum absolute atomic E-state index is 0.165. The summed E-state index contributed by atoms with van der Waals surface area (Å²) in [5.41, 5.74) is 2.22. The molecule has 3 N–H and O–H groups in total. The molecule has 1 fully saturated rings. The van der Waals surface area contributed by atoms with Crippen LogP contribution in [0.1, 0.15) is 31.0 Å². The molecule has 2 heterocycles. The maximum absolute atomic E-state index is 12.1. The molecular weight excluding hydrogens is 284 g/mol. The van der Waals surface area contributed by atoms with Crippen molar-refractivity contribution in [3.8, 4) is 0 Å². The number of hydrogen-bond acceptors (Lipinski definition) is 3. The molecule has 0 spiro atoms. The Morgan fingerprint density at radius 2 is 2.27 bits per heavy atom. The van der Waals surface area contributed by atoms with E-state index in [1.54, 1.807) is 11.1 Å². The van der Waals surface area contributed by atoms with Crippen LogP contribution >= 0.6 is 0 Å². The summed E-state index contributed by atoms with van der Waals surface area (Å²) >= 11 is 0. The van der Waals surface area contributed by atoms with E-state index >= 15 is 0 Å². The minimum atomic E-state index is -0.820. The molecule has 7 nitrogen and oxygen atoms in total. The molecular formula is C15H24N4O3. The van der Waals surface area contributed by atoms with Crippen molar-refractivity contribution in [2.75, 3.05) is 19.6 Å². The molecule has 0 saturated carbocycles. The molecule has 7 heteroatoms. The van der Waals surface area contributed by atoms with Crippen molar-refractivity contribution < 1.29 is 14.7 Å². The summed E-state index contributed by atoms with van der Waals surface area (Å²) in [5, 5.41) is 18.9. The van der Waals surface area contributed by atoms with E-state index in [-0.39, 0.29) is 11.9 Å². The van der Waals surface area contributed by atoms with Crippen LogP contribution in [0.3, 0.4) is 0 Å². The van der Waals surface area contributed by atoms with Gasteiger partial charge in [0.2, 0.25) is 0 Å². The number of aromatic nitrogens is 2. The lowest BCUT2D eigenvalue weighted by molar-refractivity contribution is -0.143. The van der Waals surface area contributed by atoms with Gasteiger partial charge in [0.05, 0.1) is 12.1 Å². The van der Waals surface area contributed by atoms with Crippen molar-refractivity contribution in [1.82, 2.24) is 20.4 Å². The van der Waals surface area contributed by atoms with Crippen molar-refractivity contribution in [1.29, 1.82) is 0 Å². The zero-order valence-corrected chi connectivity index (χ0v) is 13.1. The highest BCUT2D eigenvalue weighted by Crippen LogP contribution is 2.21. The van der Waals surface area contributed by atoms with Crippen LogP contribution in [0.4, 0.5) is 4.79 Å². The van der Waals surface area contributed by atoms with E-state index in [0.29, 0.717) is 26.1 Å². The van der Waals surface area contributed by atoms with Gasteiger partial charge in [0.25, 0.3) is 0 Å². The first-order valence-corrected chi connectivity index (χ1v) is 7.71. The Kier molecular flexibility index (Phi) is 5.41. The van der Waals surface area contributed by atoms with E-state index in [4.69, 9.17) is 5.11 Å².